The van der Waals surface area contributed by atoms with E-state index in [1.807, 2.05) is 32.3 Å². The summed E-state index contributed by atoms with van der Waals surface area (Å²) >= 11 is 0. The molecule has 4 heteroatoms. The van der Waals surface area contributed by atoms with E-state index in [1.165, 1.54) is 6.92 Å². The molecule has 2 heterocycles. The zero-order valence-electron chi connectivity index (χ0n) is 18.2. The molecule has 140 valence electrons. The number of carbonyl (C=O) groups excluding carboxylic acids is 1. The topological polar surface area (TPSA) is 47.8 Å². The maximum absolute atomic E-state index is 12.7. The molecule has 0 atom stereocenters. The van der Waals surface area contributed by atoms with Crippen LogP contribution in [0.4, 0.5) is 0 Å². The van der Waals surface area contributed by atoms with Crippen LogP contribution in [0.1, 0.15) is 37.1 Å². The monoisotopic (exact) mass is 371 g/mol. The molecule has 0 aliphatic heterocycles. The summed E-state index contributed by atoms with van der Waals surface area (Å²) in [5.41, 5.74) is 3.93. The largest absolute Gasteiger partial charge is 0.331 e. The van der Waals surface area contributed by atoms with Crippen LogP contribution < -0.4 is 0 Å². The number of aryl methyl sites for hydroxylation is 2. The molecule has 0 bridgehead atoms. The highest BCUT2D eigenvalue weighted by Crippen LogP contribution is 2.25. The van der Waals surface area contributed by atoms with E-state index in [9.17, 15) is 4.79 Å². The lowest BCUT2D eigenvalue weighted by Gasteiger charge is -2.07. The molecular weight excluding hydrogens is 346 g/mol. The molecule has 28 heavy (non-hydrogen) atoms. The summed E-state index contributed by atoms with van der Waals surface area (Å²) in [5.74, 6) is 0.914. The fraction of sp³-hybridized carbons (Fsp3) is 0.208. The highest BCUT2D eigenvalue weighted by molar-refractivity contribution is 5.98. The standard InChI is InChI=1S/C24H23N3O/c1-4-17-5-7-18(8-6-17)24(28)13-22-12-21-11-19(9-10-20(21)14-26-22)23-15-25-16(2)27(23)3/h5-12,14-15H,4,13H2,1-3H3/i4D2. The van der Waals surface area contributed by atoms with Gasteiger partial charge in [-0.1, -0.05) is 43.3 Å². The number of carbonyl (C=O) groups is 1. The first-order valence-corrected chi connectivity index (χ1v) is 9.23. The van der Waals surface area contributed by atoms with E-state index in [0.29, 0.717) is 16.8 Å². The summed E-state index contributed by atoms with van der Waals surface area (Å²) in [6, 6.07) is 14.8. The quantitative estimate of drug-likeness (QED) is 0.467. The molecule has 4 nitrogen and oxygen atoms in total. The Morgan fingerprint density at radius 1 is 1.04 bits per heavy atom. The van der Waals surface area contributed by atoms with Gasteiger partial charge in [-0.05, 0) is 36.4 Å². The molecule has 0 amide bonds. The van der Waals surface area contributed by atoms with Crippen LogP contribution >= 0.6 is 0 Å². The van der Waals surface area contributed by atoms with Crippen molar-refractivity contribution in [3.63, 3.8) is 0 Å². The van der Waals surface area contributed by atoms with Crippen LogP contribution in [0, 0.1) is 6.92 Å². The fourth-order valence-corrected chi connectivity index (χ4v) is 3.30. The normalized spacial score (nSPS) is 12.7. The second-order valence-electron chi connectivity index (χ2n) is 6.91. The van der Waals surface area contributed by atoms with Crippen LogP contribution in [-0.2, 0) is 19.8 Å². The zero-order valence-corrected chi connectivity index (χ0v) is 16.2. The van der Waals surface area contributed by atoms with Gasteiger partial charge in [0.25, 0.3) is 0 Å². The van der Waals surface area contributed by atoms with Crippen molar-refractivity contribution in [2.24, 2.45) is 7.05 Å². The highest BCUT2D eigenvalue weighted by atomic mass is 16.1. The van der Waals surface area contributed by atoms with Gasteiger partial charge in [-0.3, -0.25) is 9.78 Å². The Kier molecular flexibility index (Phi) is 4.16. The van der Waals surface area contributed by atoms with Crippen molar-refractivity contribution in [2.75, 3.05) is 0 Å². The van der Waals surface area contributed by atoms with Crippen molar-refractivity contribution in [1.82, 2.24) is 14.5 Å². The molecule has 0 unspecified atom stereocenters. The van der Waals surface area contributed by atoms with Gasteiger partial charge in [0.2, 0.25) is 0 Å². The van der Waals surface area contributed by atoms with Crippen LogP contribution in [0.3, 0.4) is 0 Å². The fourth-order valence-electron chi connectivity index (χ4n) is 3.30. The van der Waals surface area contributed by atoms with E-state index in [-0.39, 0.29) is 12.2 Å². The molecule has 2 aromatic heterocycles. The van der Waals surface area contributed by atoms with Gasteiger partial charge in [-0.15, -0.1) is 0 Å². The summed E-state index contributed by atoms with van der Waals surface area (Å²) in [5, 5.41) is 2.04. The predicted octanol–water partition coefficient (Wildman–Crippen LogP) is 4.93. The Morgan fingerprint density at radius 3 is 2.50 bits per heavy atom. The third-order valence-electron chi connectivity index (χ3n) is 5.13. The number of fused-ring (bicyclic) bond motifs is 1. The molecule has 4 aromatic rings. The van der Waals surface area contributed by atoms with Gasteiger partial charge in [-0.25, -0.2) is 4.98 Å². The first kappa shape index (κ1) is 15.8. The van der Waals surface area contributed by atoms with Gasteiger partial charge in [0.15, 0.2) is 5.78 Å². The highest BCUT2D eigenvalue weighted by Gasteiger charge is 2.10. The van der Waals surface area contributed by atoms with Gasteiger partial charge >= 0.3 is 0 Å². The van der Waals surface area contributed by atoms with Crippen molar-refractivity contribution in [1.29, 1.82) is 0 Å². The number of hydrogen-bond donors (Lipinski definition) is 0. The minimum atomic E-state index is -1.43. The van der Waals surface area contributed by atoms with Crippen LogP contribution in [0.5, 0.6) is 0 Å². The SMILES string of the molecule is [2H]C([2H])(C)c1ccc(C(=O)Cc2cc3cc(-c4cnc(C)n4C)ccc3cn2)cc1. The lowest BCUT2D eigenvalue weighted by Crippen LogP contribution is -2.05. The Balaban J connectivity index is 1.60. The maximum Gasteiger partial charge on any atom is 0.168 e. The summed E-state index contributed by atoms with van der Waals surface area (Å²) in [4.78, 5) is 21.5. The van der Waals surface area contributed by atoms with E-state index in [4.69, 9.17) is 2.74 Å². The smallest absolute Gasteiger partial charge is 0.168 e. The van der Waals surface area contributed by atoms with E-state index < -0.39 is 6.37 Å². The minimum Gasteiger partial charge on any atom is -0.331 e. The van der Waals surface area contributed by atoms with Crippen LogP contribution in [-0.4, -0.2) is 20.3 Å². The molecule has 4 rings (SSSR count). The third-order valence-corrected chi connectivity index (χ3v) is 5.13. The maximum atomic E-state index is 12.7. The number of nitrogens with zero attached hydrogens (tertiary/aromatic N) is 3. The number of ketones is 1. The molecule has 0 radical (unpaired) electrons. The number of rotatable bonds is 5. The first-order chi connectivity index (χ1) is 14.2. The minimum absolute atomic E-state index is 0.0384. The number of hydrogen-bond acceptors (Lipinski definition) is 3. The first-order valence-electron chi connectivity index (χ1n) is 10.2. The Bertz CT molecular complexity index is 1240. The molecular formula is C24H23N3O. The van der Waals surface area contributed by atoms with Gasteiger partial charge in [0.1, 0.15) is 5.82 Å². The van der Waals surface area contributed by atoms with Crippen molar-refractivity contribution in [3.8, 4) is 11.3 Å². The van der Waals surface area contributed by atoms with E-state index >= 15 is 0 Å². The van der Waals surface area contributed by atoms with E-state index in [1.54, 1.807) is 30.5 Å². The number of aromatic nitrogens is 3. The molecule has 0 N–H and O–H groups in total. The molecule has 0 aliphatic rings. The van der Waals surface area contributed by atoms with Crippen LogP contribution in [0.25, 0.3) is 22.0 Å². The van der Waals surface area contributed by atoms with Crippen molar-refractivity contribution >= 4 is 16.6 Å². The lowest BCUT2D eigenvalue weighted by atomic mass is 10.0. The molecule has 0 fully saturated rings. The van der Waals surface area contributed by atoms with E-state index in [2.05, 4.69) is 26.7 Å². The summed E-state index contributed by atoms with van der Waals surface area (Å²) in [6.07, 6.45) is 2.43. The second kappa shape index (κ2) is 7.39. The molecule has 0 aliphatic carbocycles. The van der Waals surface area contributed by atoms with Crippen molar-refractivity contribution in [3.05, 3.63) is 83.6 Å². The van der Waals surface area contributed by atoms with Crippen molar-refractivity contribution < 1.29 is 7.54 Å². The number of imidazole rings is 1. The number of benzene rings is 2. The predicted molar refractivity (Wildman–Crippen MR) is 113 cm³/mol. The van der Waals surface area contributed by atoms with Gasteiger partial charge < -0.3 is 4.57 Å². The van der Waals surface area contributed by atoms with E-state index in [0.717, 1.165) is 27.9 Å². The lowest BCUT2D eigenvalue weighted by molar-refractivity contribution is 0.0992. The Morgan fingerprint density at radius 2 is 1.82 bits per heavy atom. The number of Topliss-reactive ketones (excluding diaryl/α,β-unsaturated/α-hetero) is 1. The molecule has 0 saturated carbocycles. The number of pyridine rings is 1. The summed E-state index contributed by atoms with van der Waals surface area (Å²) < 4.78 is 17.6. The summed E-state index contributed by atoms with van der Waals surface area (Å²) in [7, 11) is 1.99. The molecule has 2 aromatic carbocycles. The average Bonchev–Trinajstić information content (AvgIpc) is 3.05. The van der Waals surface area contributed by atoms with Gasteiger partial charge in [0, 0.05) is 38.2 Å². The zero-order chi connectivity index (χ0) is 21.5. The average molecular weight is 371 g/mol. The Labute approximate surface area is 167 Å². The van der Waals surface area contributed by atoms with Gasteiger partial charge in [-0.2, -0.15) is 0 Å². The third kappa shape index (κ3) is 3.46. The second-order valence-corrected chi connectivity index (χ2v) is 6.91. The summed E-state index contributed by atoms with van der Waals surface area (Å²) in [6.45, 7) is 3.48. The van der Waals surface area contributed by atoms with Crippen molar-refractivity contribution in [2.45, 2.75) is 26.6 Å². The van der Waals surface area contributed by atoms with Crippen LogP contribution in [0.15, 0.2) is 60.9 Å². The molecule has 0 spiro atoms. The molecule has 0 saturated heterocycles. The Hall–Kier alpha value is -3.27. The van der Waals surface area contributed by atoms with Crippen LogP contribution in [0.2, 0.25) is 0 Å². The van der Waals surface area contributed by atoms with Gasteiger partial charge in [0.05, 0.1) is 18.3 Å².